The van der Waals surface area contributed by atoms with Crippen LogP contribution in [0.2, 0.25) is 18.1 Å². The van der Waals surface area contributed by atoms with Crippen molar-refractivity contribution >= 4 is 20.2 Å². The Morgan fingerprint density at radius 3 is 2.46 bits per heavy atom. The van der Waals surface area contributed by atoms with Gasteiger partial charge in [0.1, 0.15) is 5.75 Å². The van der Waals surface area contributed by atoms with E-state index in [9.17, 15) is 9.59 Å². The number of β-lactam (4-membered cyclic amide) rings is 1. The molecule has 1 aliphatic rings. The highest BCUT2D eigenvalue weighted by molar-refractivity contribution is 6.74. The Kier molecular flexibility index (Phi) is 5.92. The van der Waals surface area contributed by atoms with Gasteiger partial charge in [-0.15, -0.1) is 0 Å². The molecule has 4 atom stereocenters. The minimum atomic E-state index is -2.00. The minimum absolute atomic E-state index is 0.0574. The van der Waals surface area contributed by atoms with E-state index in [2.05, 4.69) is 44.2 Å². The van der Waals surface area contributed by atoms with Crippen LogP contribution in [0.1, 0.15) is 34.6 Å². The first kappa shape index (κ1) is 20.6. The molecule has 0 aliphatic carbocycles. The molecule has 1 fully saturated rings. The summed E-state index contributed by atoms with van der Waals surface area (Å²) in [7, 11) is -2.00. The number of rotatable bonds is 6. The van der Waals surface area contributed by atoms with Crippen molar-refractivity contribution in [1.29, 1.82) is 0 Å². The van der Waals surface area contributed by atoms with Gasteiger partial charge in [0.05, 0.1) is 30.2 Å². The highest BCUT2D eigenvalue weighted by Crippen LogP contribution is 2.39. The molecule has 0 radical (unpaired) electrons. The smallest absolute Gasteiger partial charge is 0.316 e. The lowest BCUT2D eigenvalue weighted by molar-refractivity contribution is -0.149. The fraction of sp³-hybridized carbons (Fsp3) is 0.632. The van der Waals surface area contributed by atoms with Gasteiger partial charge in [0.15, 0.2) is 8.32 Å². The van der Waals surface area contributed by atoms with Crippen molar-refractivity contribution in [3.63, 3.8) is 0 Å². The van der Waals surface area contributed by atoms with Gasteiger partial charge in [0.2, 0.25) is 5.91 Å². The SMILES string of the molecule is C[C@@H](O[Si](C)(C)C(C)(C)C)[C@H]1C(=O)N[C@@H]1[C@@H](C)C(=O)Oc1cccnc1. The molecule has 1 aliphatic heterocycles. The van der Waals surface area contributed by atoms with E-state index >= 15 is 0 Å². The lowest BCUT2D eigenvalue weighted by Gasteiger charge is -2.46. The van der Waals surface area contributed by atoms with Crippen LogP contribution in [0.25, 0.3) is 0 Å². The van der Waals surface area contributed by atoms with E-state index in [0.717, 1.165) is 0 Å². The van der Waals surface area contributed by atoms with Crippen molar-refractivity contribution < 1.29 is 18.8 Å². The summed E-state index contributed by atoms with van der Waals surface area (Å²) >= 11 is 0. The topological polar surface area (TPSA) is 77.5 Å². The third kappa shape index (κ3) is 4.32. The van der Waals surface area contributed by atoms with Gasteiger partial charge in [-0.1, -0.05) is 20.8 Å². The number of carbonyl (C=O) groups excluding carboxylic acids is 2. The number of amides is 1. The molecule has 6 nitrogen and oxygen atoms in total. The normalized spacial score (nSPS) is 22.8. The van der Waals surface area contributed by atoms with E-state index in [1.807, 2.05) is 6.92 Å². The zero-order valence-corrected chi connectivity index (χ0v) is 17.7. The number of pyridine rings is 1. The molecule has 1 aromatic heterocycles. The van der Waals surface area contributed by atoms with E-state index in [4.69, 9.17) is 9.16 Å². The molecule has 0 spiro atoms. The van der Waals surface area contributed by atoms with Crippen LogP contribution in [0.4, 0.5) is 0 Å². The van der Waals surface area contributed by atoms with Gasteiger partial charge in [-0.05, 0) is 44.1 Å². The first-order valence-corrected chi connectivity index (χ1v) is 11.9. The molecule has 2 rings (SSSR count). The van der Waals surface area contributed by atoms with Crippen LogP contribution in [0, 0.1) is 11.8 Å². The summed E-state index contributed by atoms with van der Waals surface area (Å²) in [6.45, 7) is 14.5. The summed E-state index contributed by atoms with van der Waals surface area (Å²) in [6.07, 6.45) is 2.86. The predicted octanol–water partition coefficient (Wildman–Crippen LogP) is 3.15. The second-order valence-corrected chi connectivity index (χ2v) is 13.3. The fourth-order valence-electron chi connectivity index (χ4n) is 2.84. The first-order chi connectivity index (χ1) is 11.9. The van der Waals surface area contributed by atoms with Crippen molar-refractivity contribution in [2.24, 2.45) is 11.8 Å². The average Bonchev–Trinajstić information content (AvgIpc) is 2.50. The van der Waals surface area contributed by atoms with Gasteiger partial charge in [-0.3, -0.25) is 14.6 Å². The number of hydrogen-bond acceptors (Lipinski definition) is 5. The molecule has 2 heterocycles. The van der Waals surface area contributed by atoms with Crippen LogP contribution in [0.3, 0.4) is 0 Å². The molecule has 26 heavy (non-hydrogen) atoms. The van der Waals surface area contributed by atoms with E-state index in [1.165, 1.54) is 6.20 Å². The van der Waals surface area contributed by atoms with Crippen LogP contribution < -0.4 is 10.1 Å². The number of aromatic nitrogens is 1. The molecular formula is C19H30N2O4Si. The Morgan fingerprint density at radius 1 is 1.31 bits per heavy atom. The monoisotopic (exact) mass is 378 g/mol. The highest BCUT2D eigenvalue weighted by Gasteiger charge is 2.50. The van der Waals surface area contributed by atoms with Crippen LogP contribution in [0.15, 0.2) is 24.5 Å². The van der Waals surface area contributed by atoms with Crippen LogP contribution in [-0.4, -0.2) is 37.3 Å². The largest absolute Gasteiger partial charge is 0.425 e. The molecule has 0 unspecified atom stereocenters. The Morgan fingerprint density at radius 2 is 1.96 bits per heavy atom. The van der Waals surface area contributed by atoms with Crippen molar-refractivity contribution in [3.8, 4) is 5.75 Å². The van der Waals surface area contributed by atoms with E-state index in [-0.39, 0.29) is 35.0 Å². The number of nitrogens with one attached hydrogen (secondary N) is 1. The fourth-order valence-corrected chi connectivity index (χ4v) is 4.27. The molecule has 0 saturated carbocycles. The second-order valence-electron chi connectivity index (χ2n) is 8.54. The Labute approximate surface area is 156 Å². The Balaban J connectivity index is 2.03. The van der Waals surface area contributed by atoms with E-state index < -0.39 is 14.2 Å². The number of hydrogen-bond donors (Lipinski definition) is 1. The summed E-state index contributed by atoms with van der Waals surface area (Å²) in [4.78, 5) is 28.5. The maximum Gasteiger partial charge on any atom is 0.316 e. The number of carbonyl (C=O) groups is 2. The van der Waals surface area contributed by atoms with Gasteiger partial charge in [-0.25, -0.2) is 0 Å². The quantitative estimate of drug-likeness (QED) is 0.467. The van der Waals surface area contributed by atoms with Crippen LogP contribution in [0.5, 0.6) is 5.75 Å². The molecular weight excluding hydrogens is 348 g/mol. The second kappa shape index (κ2) is 7.48. The number of ether oxygens (including phenoxy) is 1. The molecule has 1 N–H and O–H groups in total. The van der Waals surface area contributed by atoms with Gasteiger partial charge in [-0.2, -0.15) is 0 Å². The van der Waals surface area contributed by atoms with Gasteiger partial charge in [0, 0.05) is 6.20 Å². The molecule has 144 valence electrons. The van der Waals surface area contributed by atoms with Crippen LogP contribution >= 0.6 is 0 Å². The number of esters is 1. The minimum Gasteiger partial charge on any atom is -0.425 e. The molecule has 0 bridgehead atoms. The summed E-state index contributed by atoms with van der Waals surface area (Å²) in [6, 6.07) is 3.10. The molecule has 0 aromatic carbocycles. The van der Waals surface area contributed by atoms with Gasteiger partial charge in [0.25, 0.3) is 0 Å². The highest BCUT2D eigenvalue weighted by atomic mass is 28.4. The summed E-state index contributed by atoms with van der Waals surface area (Å²) in [5, 5.41) is 2.90. The van der Waals surface area contributed by atoms with Crippen molar-refractivity contribution in [3.05, 3.63) is 24.5 Å². The van der Waals surface area contributed by atoms with E-state index in [1.54, 1.807) is 25.3 Å². The third-order valence-corrected chi connectivity index (χ3v) is 10.1. The lowest BCUT2D eigenvalue weighted by atomic mass is 9.79. The zero-order chi connectivity index (χ0) is 19.7. The Hall–Kier alpha value is -1.73. The maximum absolute atomic E-state index is 12.4. The van der Waals surface area contributed by atoms with Crippen molar-refractivity contribution in [1.82, 2.24) is 10.3 Å². The van der Waals surface area contributed by atoms with Gasteiger partial charge >= 0.3 is 5.97 Å². The number of nitrogens with zero attached hydrogens (tertiary/aromatic N) is 1. The molecule has 7 heteroatoms. The molecule has 1 amide bonds. The lowest BCUT2D eigenvalue weighted by Crippen LogP contribution is -2.67. The molecule has 1 saturated heterocycles. The maximum atomic E-state index is 12.4. The molecule has 1 aromatic rings. The first-order valence-electron chi connectivity index (χ1n) is 9.04. The third-order valence-electron chi connectivity index (χ3n) is 5.55. The average molecular weight is 379 g/mol. The standard InChI is InChI=1S/C19H30N2O4Si/c1-12(18(23)24-14-9-8-10-20-11-14)16-15(17(22)21-16)13(2)25-26(6,7)19(3,4)5/h8-13,15-16H,1-7H3,(H,21,22)/t12-,13-,15-,16-/m1/s1. The predicted molar refractivity (Wildman–Crippen MR) is 102 cm³/mol. The van der Waals surface area contributed by atoms with Crippen molar-refractivity contribution in [2.75, 3.05) is 0 Å². The van der Waals surface area contributed by atoms with Crippen LogP contribution in [-0.2, 0) is 14.0 Å². The van der Waals surface area contributed by atoms with E-state index in [0.29, 0.717) is 5.75 Å². The summed E-state index contributed by atoms with van der Waals surface area (Å²) in [5.74, 6) is -0.865. The van der Waals surface area contributed by atoms with Gasteiger partial charge < -0.3 is 14.5 Å². The summed E-state index contributed by atoms with van der Waals surface area (Å²) in [5.41, 5.74) is 0. The van der Waals surface area contributed by atoms with Crippen molar-refractivity contribution in [2.45, 2.75) is 64.9 Å². The summed E-state index contributed by atoms with van der Waals surface area (Å²) < 4.78 is 11.7. The zero-order valence-electron chi connectivity index (χ0n) is 16.7. The Bertz CT molecular complexity index is 657.